The van der Waals surface area contributed by atoms with Crippen molar-refractivity contribution in [1.29, 1.82) is 0 Å². The molecule has 10 nitrogen and oxygen atoms in total. The Balaban J connectivity index is 1.38. The van der Waals surface area contributed by atoms with Gasteiger partial charge in [-0.3, -0.25) is 4.79 Å². The van der Waals surface area contributed by atoms with Crippen LogP contribution in [0.4, 0.5) is 18.9 Å². The number of nitrogens with two attached hydrogens (primary N) is 1. The molecule has 1 fully saturated rings. The predicted molar refractivity (Wildman–Crippen MR) is 149 cm³/mol. The normalized spacial score (nSPS) is 18.3. The molecule has 2 atom stereocenters. The highest BCUT2D eigenvalue weighted by Crippen LogP contribution is 2.34. The summed E-state index contributed by atoms with van der Waals surface area (Å²) in [6.07, 6.45) is -0.0730. The number of likely N-dealkylation sites (tertiary alicyclic amines) is 1. The highest BCUT2D eigenvalue weighted by molar-refractivity contribution is 5.96. The average molecular weight is 573 g/mol. The summed E-state index contributed by atoms with van der Waals surface area (Å²) in [5.41, 5.74) is 8.08. The first-order valence-corrected chi connectivity index (χ1v) is 13.6. The molecule has 1 amide bonds. The molecule has 0 radical (unpaired) electrons. The topological polar surface area (TPSA) is 119 Å². The van der Waals surface area contributed by atoms with Crippen molar-refractivity contribution >= 4 is 22.5 Å². The molecule has 4 N–H and O–H groups in total. The highest BCUT2D eigenvalue weighted by atomic mass is 19.4. The maximum Gasteiger partial charge on any atom is 0.406 e. The van der Waals surface area contributed by atoms with Gasteiger partial charge in [0.15, 0.2) is 0 Å². The lowest BCUT2D eigenvalue weighted by atomic mass is 10.00. The predicted octanol–water partition coefficient (Wildman–Crippen LogP) is 4.08. The molecule has 5 rings (SSSR count). The van der Waals surface area contributed by atoms with Gasteiger partial charge in [0.05, 0.1) is 23.3 Å². The van der Waals surface area contributed by atoms with Crippen molar-refractivity contribution < 1.29 is 22.5 Å². The second-order valence-corrected chi connectivity index (χ2v) is 11.1. The number of benzene rings is 1. The monoisotopic (exact) mass is 572 g/mol. The molecule has 0 bridgehead atoms. The van der Waals surface area contributed by atoms with Gasteiger partial charge in [-0.2, -0.15) is 18.2 Å². The van der Waals surface area contributed by atoms with E-state index in [-0.39, 0.29) is 41.9 Å². The van der Waals surface area contributed by atoms with Crippen molar-refractivity contribution in [2.75, 3.05) is 25.5 Å². The van der Waals surface area contributed by atoms with Gasteiger partial charge in [-0.1, -0.05) is 25.1 Å². The first-order chi connectivity index (χ1) is 19.5. The summed E-state index contributed by atoms with van der Waals surface area (Å²) in [4.78, 5) is 19.1. The highest BCUT2D eigenvalue weighted by Gasteiger charge is 2.32. The summed E-state index contributed by atoms with van der Waals surface area (Å²) < 4.78 is 49.4. The van der Waals surface area contributed by atoms with Crippen LogP contribution in [0.25, 0.3) is 22.4 Å². The van der Waals surface area contributed by atoms with Crippen LogP contribution in [0, 0.1) is 5.92 Å². The number of amides is 1. The molecule has 1 aliphatic heterocycles. The second kappa shape index (κ2) is 11.6. The molecule has 1 saturated heterocycles. The fourth-order valence-corrected chi connectivity index (χ4v) is 5.28. The molecule has 41 heavy (non-hydrogen) atoms. The van der Waals surface area contributed by atoms with Crippen LogP contribution in [0.2, 0.25) is 0 Å². The number of hydrogen-bond donors (Lipinski definition) is 3. The smallest absolute Gasteiger partial charge is 0.380 e. The summed E-state index contributed by atoms with van der Waals surface area (Å²) in [6, 6.07) is 8.40. The van der Waals surface area contributed by atoms with E-state index < -0.39 is 12.7 Å². The van der Waals surface area contributed by atoms with Gasteiger partial charge in [0.25, 0.3) is 5.91 Å². The molecule has 2 unspecified atom stereocenters. The molecule has 1 aromatic carbocycles. The fraction of sp³-hybridized carbons (Fsp3) is 0.464. The zero-order valence-electron chi connectivity index (χ0n) is 23.3. The van der Waals surface area contributed by atoms with E-state index in [2.05, 4.69) is 39.5 Å². The Morgan fingerprint density at radius 1 is 1.27 bits per heavy atom. The summed E-state index contributed by atoms with van der Waals surface area (Å²) >= 11 is 0. The van der Waals surface area contributed by atoms with Gasteiger partial charge < -0.3 is 34.9 Å². The zero-order chi connectivity index (χ0) is 29.3. The van der Waals surface area contributed by atoms with Crippen LogP contribution in [-0.4, -0.2) is 68.5 Å². The average Bonchev–Trinajstić information content (AvgIpc) is 3.63. The number of alkyl halides is 3. The Morgan fingerprint density at radius 3 is 2.80 bits per heavy atom. The number of anilines is 1. The van der Waals surface area contributed by atoms with Gasteiger partial charge in [-0.15, -0.1) is 0 Å². The molecule has 1 aliphatic rings. The fourth-order valence-electron chi connectivity index (χ4n) is 5.28. The number of aromatic nitrogens is 4. The van der Waals surface area contributed by atoms with E-state index in [1.165, 1.54) is 0 Å². The Bertz CT molecular complexity index is 1510. The largest absolute Gasteiger partial charge is 0.406 e. The summed E-state index contributed by atoms with van der Waals surface area (Å²) in [5, 5.41) is 10.7. The van der Waals surface area contributed by atoms with Crippen LogP contribution in [0.15, 0.2) is 47.2 Å². The summed E-state index contributed by atoms with van der Waals surface area (Å²) in [5.74, 6) is 0.192. The van der Waals surface area contributed by atoms with Crippen molar-refractivity contribution in [3.05, 3.63) is 54.2 Å². The minimum absolute atomic E-state index is 0.000252. The number of carbonyl (C=O) groups excluding carboxylic acids is 1. The van der Waals surface area contributed by atoms with Gasteiger partial charge in [-0.05, 0) is 50.2 Å². The van der Waals surface area contributed by atoms with Crippen LogP contribution in [0.3, 0.4) is 0 Å². The molecular weight excluding hydrogens is 537 g/mol. The van der Waals surface area contributed by atoms with E-state index >= 15 is 0 Å². The molecule has 4 heterocycles. The maximum atomic E-state index is 13.7. The molecule has 3 aromatic heterocycles. The number of hydrogen-bond acceptors (Lipinski definition) is 7. The molecule has 220 valence electrons. The number of fused-ring (bicyclic) bond motifs is 1. The van der Waals surface area contributed by atoms with Gasteiger partial charge >= 0.3 is 6.18 Å². The quantitative estimate of drug-likeness (QED) is 0.277. The third kappa shape index (κ3) is 6.73. The van der Waals surface area contributed by atoms with E-state index in [0.29, 0.717) is 28.1 Å². The van der Waals surface area contributed by atoms with Crippen molar-refractivity contribution in [3.8, 4) is 11.5 Å². The third-order valence-corrected chi connectivity index (χ3v) is 7.17. The van der Waals surface area contributed by atoms with E-state index in [4.69, 9.17) is 10.3 Å². The first-order valence-electron chi connectivity index (χ1n) is 13.6. The van der Waals surface area contributed by atoms with Gasteiger partial charge in [-0.25, -0.2) is 0 Å². The van der Waals surface area contributed by atoms with Gasteiger partial charge in [0, 0.05) is 48.6 Å². The van der Waals surface area contributed by atoms with Crippen LogP contribution in [0.5, 0.6) is 0 Å². The zero-order valence-corrected chi connectivity index (χ0v) is 23.3. The maximum absolute atomic E-state index is 13.7. The van der Waals surface area contributed by atoms with E-state index in [9.17, 15) is 18.0 Å². The molecule has 13 heteroatoms. The SMILES string of the molecule is CC(C)Cn1ccc(C(=O)NCc2nc(-c3cc4c(NC5CCN(C)CC5N)cccc4n3CC(F)(F)F)no2)c1. The lowest BCUT2D eigenvalue weighted by Crippen LogP contribution is -2.53. The summed E-state index contributed by atoms with van der Waals surface area (Å²) in [7, 11) is 2.01. The van der Waals surface area contributed by atoms with Crippen molar-refractivity contribution in [2.24, 2.45) is 11.7 Å². The number of nitrogens with zero attached hydrogens (tertiary/aromatic N) is 5. The minimum Gasteiger partial charge on any atom is -0.380 e. The third-order valence-electron chi connectivity index (χ3n) is 7.17. The number of likely N-dealkylation sites (N-methyl/N-ethyl adjacent to an activating group) is 1. The Labute approximate surface area is 235 Å². The van der Waals surface area contributed by atoms with Crippen molar-refractivity contribution in [3.63, 3.8) is 0 Å². The van der Waals surface area contributed by atoms with E-state index in [1.807, 2.05) is 23.9 Å². The summed E-state index contributed by atoms with van der Waals surface area (Å²) in [6.45, 7) is 5.26. The lowest BCUT2D eigenvalue weighted by molar-refractivity contribution is -0.139. The number of rotatable bonds is 9. The minimum atomic E-state index is -4.48. The first kappa shape index (κ1) is 28.7. The Morgan fingerprint density at radius 2 is 2.07 bits per heavy atom. The Kier molecular flexibility index (Phi) is 8.09. The molecule has 4 aromatic rings. The van der Waals surface area contributed by atoms with E-state index in [1.54, 1.807) is 30.5 Å². The van der Waals surface area contributed by atoms with Crippen LogP contribution in [-0.2, 0) is 19.6 Å². The molecule has 0 saturated carbocycles. The van der Waals surface area contributed by atoms with Crippen LogP contribution >= 0.6 is 0 Å². The standard InChI is InChI=1S/C28H35F3N8O2/c1-17(2)13-38-10-7-18(14-38)27(40)33-12-25-35-26(36-41-25)24-11-19-21(34-22-8-9-37(3)15-20(22)32)5-4-6-23(19)39(24)16-28(29,30)31/h4-7,10-11,14,17,20,22,34H,8-9,12-13,15-16,32H2,1-3H3,(H,33,40). The molecular formula is C28H35F3N8O2. The van der Waals surface area contributed by atoms with Crippen LogP contribution < -0.4 is 16.4 Å². The number of halogens is 3. The van der Waals surface area contributed by atoms with Crippen molar-refractivity contribution in [1.82, 2.24) is 29.5 Å². The van der Waals surface area contributed by atoms with E-state index in [0.717, 1.165) is 30.6 Å². The molecule has 0 spiro atoms. The lowest BCUT2D eigenvalue weighted by Gasteiger charge is -2.35. The second-order valence-electron chi connectivity index (χ2n) is 11.1. The number of nitrogens with one attached hydrogen (secondary N) is 2. The number of carbonyl (C=O) groups is 1. The Hall–Kier alpha value is -3.84. The van der Waals surface area contributed by atoms with Crippen molar-refractivity contribution in [2.45, 2.75) is 58.2 Å². The van der Waals surface area contributed by atoms with Gasteiger partial charge in [0.1, 0.15) is 6.54 Å². The van der Waals surface area contributed by atoms with Gasteiger partial charge in [0.2, 0.25) is 11.7 Å². The van der Waals surface area contributed by atoms with Crippen LogP contribution in [0.1, 0.15) is 36.5 Å². The molecule has 0 aliphatic carbocycles. The number of piperidine rings is 1.